The molecule has 3 heterocycles. The Balaban J connectivity index is 1.53. The van der Waals surface area contributed by atoms with Crippen molar-refractivity contribution in [1.29, 1.82) is 0 Å². The van der Waals surface area contributed by atoms with Crippen molar-refractivity contribution in [1.82, 2.24) is 9.88 Å². The smallest absolute Gasteiger partial charge is 0.371 e. The molecule has 4 rings (SSSR count). The number of nitrogens with zero attached hydrogens (tertiary/aromatic N) is 3. The molecule has 2 aliphatic heterocycles. The first-order valence-electron chi connectivity index (χ1n) is 11.7. The van der Waals surface area contributed by atoms with E-state index in [0.29, 0.717) is 18.9 Å². The van der Waals surface area contributed by atoms with Crippen LogP contribution in [0, 0.1) is 12.8 Å². The molecule has 0 radical (unpaired) electrons. The summed E-state index contributed by atoms with van der Waals surface area (Å²) in [6.07, 6.45) is 0.637. The molecule has 33 heavy (non-hydrogen) atoms. The number of benzene rings is 1. The molecular weight excluding hydrogens is 429 g/mol. The van der Waals surface area contributed by atoms with Crippen molar-refractivity contribution in [2.45, 2.75) is 51.7 Å². The van der Waals surface area contributed by atoms with E-state index in [1.54, 1.807) is 0 Å². The first-order valence-corrected chi connectivity index (χ1v) is 11.7. The fourth-order valence-corrected chi connectivity index (χ4v) is 4.90. The molecule has 0 spiro atoms. The minimum Gasteiger partial charge on any atom is -0.371 e. The Kier molecular flexibility index (Phi) is 6.81. The highest BCUT2D eigenvalue weighted by Crippen LogP contribution is 2.32. The lowest BCUT2D eigenvalue weighted by Gasteiger charge is -2.41. The second-order valence-corrected chi connectivity index (χ2v) is 9.21. The molecule has 178 valence electrons. The minimum absolute atomic E-state index is 0.0272. The van der Waals surface area contributed by atoms with E-state index in [0.717, 1.165) is 67.9 Å². The lowest BCUT2D eigenvalue weighted by atomic mass is 9.89. The van der Waals surface area contributed by atoms with Crippen LogP contribution in [0.5, 0.6) is 0 Å². The van der Waals surface area contributed by atoms with E-state index in [2.05, 4.69) is 34.3 Å². The molecule has 8 heteroatoms. The molecule has 1 aromatic heterocycles. The SMILES string of the molecule is Cc1ccc(N2CCCC2)c(C(=O)N2CCC[C@@H](C)[C@H]2CNc2ccc(C(F)(F)F)cn2)c1. The molecule has 5 nitrogen and oxygen atoms in total. The van der Waals surface area contributed by atoms with Gasteiger partial charge < -0.3 is 15.1 Å². The quantitative estimate of drug-likeness (QED) is 0.653. The van der Waals surface area contributed by atoms with E-state index >= 15 is 0 Å². The summed E-state index contributed by atoms with van der Waals surface area (Å²) in [5.41, 5.74) is 2.01. The van der Waals surface area contributed by atoms with Gasteiger partial charge in [-0.1, -0.05) is 18.6 Å². The molecule has 1 N–H and O–H groups in total. The van der Waals surface area contributed by atoms with Gasteiger partial charge in [-0.15, -0.1) is 0 Å². The highest BCUT2D eigenvalue weighted by Gasteiger charge is 2.34. The monoisotopic (exact) mass is 460 g/mol. The van der Waals surface area contributed by atoms with Crippen molar-refractivity contribution in [2.24, 2.45) is 5.92 Å². The van der Waals surface area contributed by atoms with E-state index in [-0.39, 0.29) is 17.9 Å². The van der Waals surface area contributed by atoms with Crippen LogP contribution in [0.2, 0.25) is 0 Å². The molecule has 1 aromatic carbocycles. The summed E-state index contributed by atoms with van der Waals surface area (Å²) in [6, 6.07) is 8.39. The van der Waals surface area contributed by atoms with Crippen LogP contribution in [0.3, 0.4) is 0 Å². The summed E-state index contributed by atoms with van der Waals surface area (Å²) in [6.45, 7) is 7.16. The van der Waals surface area contributed by atoms with Gasteiger partial charge in [0.25, 0.3) is 5.91 Å². The highest BCUT2D eigenvalue weighted by molar-refractivity contribution is 6.00. The van der Waals surface area contributed by atoms with Crippen molar-refractivity contribution < 1.29 is 18.0 Å². The fraction of sp³-hybridized carbons (Fsp3) is 0.520. The number of alkyl halides is 3. The van der Waals surface area contributed by atoms with Crippen LogP contribution >= 0.6 is 0 Å². The summed E-state index contributed by atoms with van der Waals surface area (Å²) in [4.78, 5) is 21.9. The van der Waals surface area contributed by atoms with Crippen molar-refractivity contribution in [3.63, 3.8) is 0 Å². The number of amides is 1. The van der Waals surface area contributed by atoms with Gasteiger partial charge in [0.15, 0.2) is 0 Å². The standard InChI is InChI=1S/C25H31F3N4O/c1-17-7-9-21(31-11-3-4-12-31)20(14-17)24(33)32-13-5-6-18(2)22(32)16-30-23-10-8-19(15-29-23)25(26,27)28/h7-10,14-15,18,22H,3-6,11-13,16H2,1-2H3,(H,29,30)/t18-,22-/m1/s1. The number of nitrogens with one attached hydrogen (secondary N) is 1. The third-order valence-corrected chi connectivity index (χ3v) is 6.79. The van der Waals surface area contributed by atoms with Crippen LogP contribution in [0.15, 0.2) is 36.5 Å². The summed E-state index contributed by atoms with van der Waals surface area (Å²) < 4.78 is 38.4. The van der Waals surface area contributed by atoms with E-state index < -0.39 is 11.7 Å². The third kappa shape index (κ3) is 5.25. The number of carbonyl (C=O) groups excluding carboxylic acids is 1. The van der Waals surface area contributed by atoms with Crippen LogP contribution in [0.4, 0.5) is 24.7 Å². The molecular formula is C25H31F3N4O. The molecule has 2 fully saturated rings. The van der Waals surface area contributed by atoms with Crippen molar-refractivity contribution in [3.8, 4) is 0 Å². The average Bonchev–Trinajstić information content (AvgIpc) is 3.32. The van der Waals surface area contributed by atoms with E-state index in [9.17, 15) is 18.0 Å². The molecule has 0 bridgehead atoms. The Morgan fingerprint density at radius 2 is 1.88 bits per heavy atom. The van der Waals surface area contributed by atoms with E-state index in [4.69, 9.17) is 0 Å². The molecule has 0 aliphatic carbocycles. The maximum absolute atomic E-state index is 13.8. The number of hydrogen-bond donors (Lipinski definition) is 1. The maximum atomic E-state index is 13.8. The largest absolute Gasteiger partial charge is 0.417 e. The summed E-state index contributed by atoms with van der Waals surface area (Å²) in [7, 11) is 0. The molecule has 0 saturated carbocycles. The van der Waals surface area contributed by atoms with Gasteiger partial charge in [0.2, 0.25) is 0 Å². The number of rotatable bonds is 5. The van der Waals surface area contributed by atoms with Crippen LogP contribution in [-0.4, -0.2) is 48.0 Å². The second-order valence-electron chi connectivity index (χ2n) is 9.21. The molecule has 2 aliphatic rings. The fourth-order valence-electron chi connectivity index (χ4n) is 4.90. The molecule has 2 aromatic rings. The lowest BCUT2D eigenvalue weighted by Crippen LogP contribution is -2.51. The number of carbonyl (C=O) groups is 1. The predicted molar refractivity (Wildman–Crippen MR) is 124 cm³/mol. The normalized spacial score (nSPS) is 21.4. The van der Waals surface area contributed by atoms with E-state index in [1.807, 2.05) is 17.9 Å². The van der Waals surface area contributed by atoms with Gasteiger partial charge in [-0.25, -0.2) is 4.98 Å². The van der Waals surface area contributed by atoms with Gasteiger partial charge in [0, 0.05) is 38.1 Å². The van der Waals surface area contributed by atoms with Crippen LogP contribution in [0.25, 0.3) is 0 Å². The predicted octanol–water partition coefficient (Wildman–Crippen LogP) is 5.36. The number of anilines is 2. The number of likely N-dealkylation sites (tertiary alicyclic amines) is 1. The zero-order chi connectivity index (χ0) is 23.6. The topological polar surface area (TPSA) is 48.5 Å². The van der Waals surface area contributed by atoms with Gasteiger partial charge >= 0.3 is 6.18 Å². The number of hydrogen-bond acceptors (Lipinski definition) is 4. The zero-order valence-electron chi connectivity index (χ0n) is 19.2. The van der Waals surface area contributed by atoms with Crippen LogP contribution in [0.1, 0.15) is 54.1 Å². The Labute approximate surface area is 193 Å². The molecule has 0 unspecified atom stereocenters. The van der Waals surface area contributed by atoms with Gasteiger partial charge in [0.1, 0.15) is 5.82 Å². The Bertz CT molecular complexity index is 971. The first-order chi connectivity index (χ1) is 15.7. The van der Waals surface area contributed by atoms with Gasteiger partial charge in [0.05, 0.1) is 17.2 Å². The van der Waals surface area contributed by atoms with Gasteiger partial charge in [-0.2, -0.15) is 13.2 Å². The summed E-state index contributed by atoms with van der Waals surface area (Å²) in [5.74, 6) is 0.672. The zero-order valence-corrected chi connectivity index (χ0v) is 19.2. The third-order valence-electron chi connectivity index (χ3n) is 6.79. The van der Waals surface area contributed by atoms with Crippen molar-refractivity contribution in [2.75, 3.05) is 36.4 Å². The first kappa shape index (κ1) is 23.4. The summed E-state index contributed by atoms with van der Waals surface area (Å²) >= 11 is 0. The molecule has 2 saturated heterocycles. The Morgan fingerprint density at radius 3 is 2.55 bits per heavy atom. The average molecular weight is 461 g/mol. The van der Waals surface area contributed by atoms with Crippen molar-refractivity contribution >= 4 is 17.4 Å². The maximum Gasteiger partial charge on any atom is 0.417 e. The van der Waals surface area contributed by atoms with Gasteiger partial charge in [-0.3, -0.25) is 4.79 Å². The number of halogens is 3. The highest BCUT2D eigenvalue weighted by atomic mass is 19.4. The second kappa shape index (κ2) is 9.61. The van der Waals surface area contributed by atoms with Crippen LogP contribution in [-0.2, 0) is 6.18 Å². The van der Waals surface area contributed by atoms with E-state index in [1.165, 1.54) is 6.07 Å². The summed E-state index contributed by atoms with van der Waals surface area (Å²) in [5, 5.41) is 3.16. The lowest BCUT2D eigenvalue weighted by molar-refractivity contribution is -0.137. The minimum atomic E-state index is -4.41. The van der Waals surface area contributed by atoms with Crippen molar-refractivity contribution in [3.05, 3.63) is 53.2 Å². The number of piperidine rings is 1. The Morgan fingerprint density at radius 1 is 1.12 bits per heavy atom. The number of aromatic nitrogens is 1. The van der Waals surface area contributed by atoms with Crippen LogP contribution < -0.4 is 10.2 Å². The van der Waals surface area contributed by atoms with Gasteiger partial charge in [-0.05, 0) is 62.8 Å². The Hall–Kier alpha value is -2.77. The molecule has 1 amide bonds. The molecule has 2 atom stereocenters. The number of aryl methyl sites for hydroxylation is 1. The number of pyridine rings is 1.